The van der Waals surface area contributed by atoms with Crippen molar-refractivity contribution < 1.29 is 13.6 Å². The molecule has 1 saturated heterocycles. The van der Waals surface area contributed by atoms with Gasteiger partial charge in [0.2, 0.25) is 11.8 Å². The summed E-state index contributed by atoms with van der Waals surface area (Å²) in [5.41, 5.74) is 0. The van der Waals surface area contributed by atoms with E-state index in [4.69, 9.17) is 0 Å². The summed E-state index contributed by atoms with van der Waals surface area (Å²) in [7, 11) is 0. The van der Waals surface area contributed by atoms with E-state index in [1.807, 2.05) is 6.92 Å². The fraction of sp³-hybridized carbons (Fsp3) is 0.917. The Balaban J connectivity index is 1.84. The van der Waals surface area contributed by atoms with Crippen molar-refractivity contribution in [3.63, 3.8) is 0 Å². The van der Waals surface area contributed by atoms with Gasteiger partial charge in [-0.15, -0.1) is 0 Å². The second kappa shape index (κ2) is 4.88. The lowest BCUT2D eigenvalue weighted by Crippen LogP contribution is -2.53. The molecule has 2 aliphatic rings. The molecule has 2 rings (SSSR count). The summed E-state index contributed by atoms with van der Waals surface area (Å²) in [5.74, 6) is -3.33. The van der Waals surface area contributed by atoms with Gasteiger partial charge >= 0.3 is 0 Å². The zero-order valence-corrected chi connectivity index (χ0v) is 10.1. The van der Waals surface area contributed by atoms with Crippen LogP contribution in [0.2, 0.25) is 0 Å². The van der Waals surface area contributed by atoms with Crippen LogP contribution in [0.5, 0.6) is 0 Å². The van der Waals surface area contributed by atoms with E-state index in [0.29, 0.717) is 6.42 Å². The van der Waals surface area contributed by atoms with Crippen molar-refractivity contribution in [3.05, 3.63) is 0 Å². The molecule has 0 radical (unpaired) electrons. The van der Waals surface area contributed by atoms with Gasteiger partial charge in [-0.1, -0.05) is 0 Å². The topological polar surface area (TPSA) is 41.1 Å². The molecule has 0 aromatic heterocycles. The summed E-state index contributed by atoms with van der Waals surface area (Å²) in [4.78, 5) is 11.9. The Hall–Kier alpha value is -0.710. The number of amides is 1. The first-order valence-corrected chi connectivity index (χ1v) is 6.39. The maximum atomic E-state index is 13.0. The summed E-state index contributed by atoms with van der Waals surface area (Å²) < 4.78 is 26.0. The number of carbonyl (C=O) groups is 1. The van der Waals surface area contributed by atoms with Crippen LogP contribution in [0.4, 0.5) is 8.78 Å². The molecule has 98 valence electrons. The number of hydrogen-bond donors (Lipinski definition) is 2. The maximum Gasteiger partial charge on any atom is 0.248 e. The average molecular weight is 246 g/mol. The van der Waals surface area contributed by atoms with E-state index in [2.05, 4.69) is 10.6 Å². The number of halogens is 2. The molecule has 17 heavy (non-hydrogen) atoms. The summed E-state index contributed by atoms with van der Waals surface area (Å²) in [6.45, 7) is 2.99. The second-order valence-corrected chi connectivity index (χ2v) is 5.30. The molecule has 1 aliphatic carbocycles. The van der Waals surface area contributed by atoms with E-state index in [1.54, 1.807) is 0 Å². The lowest BCUT2D eigenvalue weighted by molar-refractivity contribution is -0.126. The molecule has 1 aliphatic heterocycles. The molecule has 0 aromatic carbocycles. The van der Waals surface area contributed by atoms with Crippen molar-refractivity contribution >= 4 is 5.91 Å². The van der Waals surface area contributed by atoms with Crippen molar-refractivity contribution in [2.24, 2.45) is 5.92 Å². The van der Waals surface area contributed by atoms with Crippen LogP contribution in [0.3, 0.4) is 0 Å². The van der Waals surface area contributed by atoms with E-state index in [1.165, 1.54) is 0 Å². The second-order valence-electron chi connectivity index (χ2n) is 5.30. The van der Waals surface area contributed by atoms with Crippen molar-refractivity contribution in [1.82, 2.24) is 10.6 Å². The molecular weight excluding hydrogens is 226 g/mol. The molecular formula is C12H20F2N2O. The molecule has 0 aromatic rings. The minimum Gasteiger partial charge on any atom is -0.352 e. The third-order valence-corrected chi connectivity index (χ3v) is 3.86. The van der Waals surface area contributed by atoms with Crippen molar-refractivity contribution in [2.75, 3.05) is 6.54 Å². The van der Waals surface area contributed by atoms with Gasteiger partial charge in [0.15, 0.2) is 0 Å². The quantitative estimate of drug-likeness (QED) is 0.778. The minimum atomic E-state index is -2.64. The lowest BCUT2D eigenvalue weighted by atomic mass is 9.98. The first-order chi connectivity index (χ1) is 7.98. The Morgan fingerprint density at radius 1 is 1.41 bits per heavy atom. The minimum absolute atomic E-state index is 0.0884. The number of rotatable bonds is 2. The SMILES string of the molecule is CC1NCCCC1NC(=O)C1CCC(F)(F)C1. The molecule has 2 N–H and O–H groups in total. The van der Waals surface area contributed by atoms with Gasteiger partial charge in [0.05, 0.1) is 0 Å². The molecule has 2 fully saturated rings. The Morgan fingerprint density at radius 2 is 2.18 bits per heavy atom. The fourth-order valence-electron chi connectivity index (χ4n) is 2.72. The number of hydrogen-bond acceptors (Lipinski definition) is 2. The molecule has 3 atom stereocenters. The zero-order valence-electron chi connectivity index (χ0n) is 10.1. The van der Waals surface area contributed by atoms with E-state index >= 15 is 0 Å². The Kier molecular flexibility index (Phi) is 3.66. The zero-order chi connectivity index (χ0) is 12.5. The van der Waals surface area contributed by atoms with Crippen LogP contribution in [-0.4, -0.2) is 30.5 Å². The van der Waals surface area contributed by atoms with Gasteiger partial charge in [0.25, 0.3) is 0 Å². The van der Waals surface area contributed by atoms with Crippen LogP contribution < -0.4 is 10.6 Å². The molecule has 0 bridgehead atoms. The van der Waals surface area contributed by atoms with E-state index in [-0.39, 0.29) is 30.8 Å². The van der Waals surface area contributed by atoms with Crippen LogP contribution in [0.15, 0.2) is 0 Å². The summed E-state index contributed by atoms with van der Waals surface area (Å²) in [5, 5.41) is 6.19. The van der Waals surface area contributed by atoms with Crippen LogP contribution in [0.1, 0.15) is 39.0 Å². The predicted octanol–water partition coefficient (Wildman–Crippen LogP) is 1.68. The Morgan fingerprint density at radius 3 is 2.76 bits per heavy atom. The number of carbonyl (C=O) groups excluding carboxylic acids is 1. The summed E-state index contributed by atoms with van der Waals surface area (Å²) in [6, 6.07) is 0.320. The first kappa shape index (κ1) is 12.7. The number of alkyl halides is 2. The Bertz CT molecular complexity index is 296. The standard InChI is InChI=1S/C12H20F2N2O/c1-8-10(3-2-6-15-8)16-11(17)9-4-5-12(13,14)7-9/h8-10,15H,2-7H2,1H3,(H,16,17). The normalized spacial score (nSPS) is 36.8. The molecule has 3 unspecified atom stereocenters. The third-order valence-electron chi connectivity index (χ3n) is 3.86. The van der Waals surface area contributed by atoms with Gasteiger partial charge < -0.3 is 10.6 Å². The highest BCUT2D eigenvalue weighted by atomic mass is 19.3. The summed E-state index contributed by atoms with van der Waals surface area (Å²) >= 11 is 0. The smallest absolute Gasteiger partial charge is 0.248 e. The van der Waals surface area contributed by atoms with Crippen LogP contribution >= 0.6 is 0 Å². The van der Waals surface area contributed by atoms with Gasteiger partial charge in [-0.05, 0) is 32.7 Å². The predicted molar refractivity (Wildman–Crippen MR) is 60.9 cm³/mol. The van der Waals surface area contributed by atoms with Gasteiger partial charge in [-0.25, -0.2) is 8.78 Å². The van der Waals surface area contributed by atoms with Crippen LogP contribution in [0.25, 0.3) is 0 Å². The van der Waals surface area contributed by atoms with Crippen LogP contribution in [-0.2, 0) is 4.79 Å². The van der Waals surface area contributed by atoms with Gasteiger partial charge in [0, 0.05) is 30.8 Å². The van der Waals surface area contributed by atoms with Crippen LogP contribution in [0, 0.1) is 5.92 Å². The molecule has 3 nitrogen and oxygen atoms in total. The highest BCUT2D eigenvalue weighted by Crippen LogP contribution is 2.38. The molecule has 5 heteroatoms. The number of nitrogens with one attached hydrogen (secondary N) is 2. The average Bonchev–Trinajstić information content (AvgIpc) is 2.62. The lowest BCUT2D eigenvalue weighted by Gasteiger charge is -2.31. The molecule has 0 spiro atoms. The first-order valence-electron chi connectivity index (χ1n) is 6.39. The maximum absolute atomic E-state index is 13.0. The molecule has 1 saturated carbocycles. The van der Waals surface area contributed by atoms with Crippen molar-refractivity contribution in [1.29, 1.82) is 0 Å². The van der Waals surface area contributed by atoms with Gasteiger partial charge in [-0.2, -0.15) is 0 Å². The summed E-state index contributed by atoms with van der Waals surface area (Å²) in [6.07, 6.45) is 1.84. The molecule has 1 amide bonds. The third kappa shape index (κ3) is 3.15. The van der Waals surface area contributed by atoms with Crippen molar-refractivity contribution in [3.8, 4) is 0 Å². The van der Waals surface area contributed by atoms with Crippen molar-refractivity contribution in [2.45, 2.75) is 57.0 Å². The molecule has 1 heterocycles. The number of piperidine rings is 1. The highest BCUT2D eigenvalue weighted by Gasteiger charge is 2.43. The van der Waals surface area contributed by atoms with E-state index in [9.17, 15) is 13.6 Å². The monoisotopic (exact) mass is 246 g/mol. The fourth-order valence-corrected chi connectivity index (χ4v) is 2.72. The van der Waals surface area contributed by atoms with E-state index in [0.717, 1.165) is 19.4 Å². The largest absolute Gasteiger partial charge is 0.352 e. The van der Waals surface area contributed by atoms with Gasteiger partial charge in [0.1, 0.15) is 0 Å². The van der Waals surface area contributed by atoms with Gasteiger partial charge in [-0.3, -0.25) is 4.79 Å². The highest BCUT2D eigenvalue weighted by molar-refractivity contribution is 5.79. The Labute approximate surface area is 100 Å². The van der Waals surface area contributed by atoms with E-state index < -0.39 is 11.8 Å².